The zero-order valence-corrected chi connectivity index (χ0v) is 25.6. The summed E-state index contributed by atoms with van der Waals surface area (Å²) >= 11 is 6.28. The minimum Gasteiger partial charge on any atom is -0.444 e. The van der Waals surface area contributed by atoms with Crippen molar-refractivity contribution in [1.29, 1.82) is 0 Å². The summed E-state index contributed by atoms with van der Waals surface area (Å²) in [6.07, 6.45) is -0.571. The second-order valence-corrected chi connectivity index (χ2v) is 11.6. The van der Waals surface area contributed by atoms with Crippen molar-refractivity contribution in [2.75, 3.05) is 10.6 Å². The van der Waals surface area contributed by atoms with E-state index in [1.807, 2.05) is 89.2 Å². The first-order valence-electron chi connectivity index (χ1n) is 13.5. The van der Waals surface area contributed by atoms with Gasteiger partial charge in [0.15, 0.2) is 5.58 Å². The molecule has 1 heterocycles. The quantitative estimate of drug-likeness (QED) is 0.238. The average Bonchev–Trinajstić information content (AvgIpc) is 3.25. The second-order valence-electron chi connectivity index (χ2n) is 11.1. The number of carbonyl (C=O) groups is 2. The van der Waals surface area contributed by atoms with Crippen LogP contribution in [0.15, 0.2) is 65.1 Å². The lowest BCUT2D eigenvalue weighted by molar-refractivity contribution is 0.0622. The van der Waals surface area contributed by atoms with E-state index in [2.05, 4.69) is 15.6 Å². The molecule has 1 aromatic heterocycles. The summed E-state index contributed by atoms with van der Waals surface area (Å²) in [6, 6.07) is 19.0. The van der Waals surface area contributed by atoms with Crippen LogP contribution in [0.5, 0.6) is 0 Å². The first kappa shape index (κ1) is 34.2. The minimum atomic E-state index is -0.660. The topological polar surface area (TPSA) is 103 Å². The van der Waals surface area contributed by atoms with Crippen molar-refractivity contribution in [2.24, 2.45) is 0 Å². The van der Waals surface area contributed by atoms with E-state index in [1.165, 1.54) is 0 Å². The zero-order chi connectivity index (χ0) is 30.4. The van der Waals surface area contributed by atoms with Crippen LogP contribution in [0, 0.1) is 0 Å². The van der Waals surface area contributed by atoms with Crippen molar-refractivity contribution in [3.63, 3.8) is 0 Å². The Morgan fingerprint density at radius 1 is 0.833 bits per heavy atom. The summed E-state index contributed by atoms with van der Waals surface area (Å²) in [7, 11) is 0. The normalized spacial score (nSPS) is 11.1. The summed E-state index contributed by atoms with van der Waals surface area (Å²) < 4.78 is 16.5. The van der Waals surface area contributed by atoms with Crippen molar-refractivity contribution in [3.8, 4) is 11.1 Å². The first-order chi connectivity index (χ1) is 19.2. The Bertz CT molecular complexity index is 1500. The number of hydrogen-bond donors (Lipinski definition) is 2. The number of amides is 2. The van der Waals surface area contributed by atoms with Gasteiger partial charge in [-0.25, -0.2) is 14.9 Å². The molecule has 0 aliphatic carbocycles. The second kappa shape index (κ2) is 14.2. The summed E-state index contributed by atoms with van der Waals surface area (Å²) in [5.41, 5.74) is 4.16. The number of oxazole rings is 1. The van der Waals surface area contributed by atoms with Crippen LogP contribution in [0.25, 0.3) is 22.2 Å². The van der Waals surface area contributed by atoms with Gasteiger partial charge in [0.2, 0.25) is 0 Å². The summed E-state index contributed by atoms with van der Waals surface area (Å²) in [5, 5.41) is 5.91. The number of fused-ring (bicyclic) bond motifs is 1. The number of rotatable bonds is 5. The molecule has 9 heteroatoms. The Morgan fingerprint density at radius 2 is 1.43 bits per heavy atom. The third-order valence-electron chi connectivity index (χ3n) is 5.31. The van der Waals surface area contributed by atoms with E-state index in [0.29, 0.717) is 28.2 Å². The molecule has 2 amide bonds. The summed E-state index contributed by atoms with van der Waals surface area (Å²) in [6.45, 7) is 14.8. The van der Waals surface area contributed by atoms with Gasteiger partial charge in [-0.3, -0.25) is 5.32 Å². The molecule has 0 fully saturated rings. The molecule has 8 nitrogen and oxygen atoms in total. The number of anilines is 2. The van der Waals surface area contributed by atoms with Crippen molar-refractivity contribution in [3.05, 3.63) is 76.8 Å². The van der Waals surface area contributed by atoms with Crippen LogP contribution in [0.4, 0.5) is 21.3 Å². The molecule has 42 heavy (non-hydrogen) atoms. The highest BCUT2D eigenvalue weighted by Crippen LogP contribution is 2.34. The van der Waals surface area contributed by atoms with Crippen LogP contribution < -0.4 is 10.6 Å². The van der Waals surface area contributed by atoms with Gasteiger partial charge in [0.05, 0.1) is 0 Å². The van der Waals surface area contributed by atoms with E-state index >= 15 is 0 Å². The maximum atomic E-state index is 12.3. The van der Waals surface area contributed by atoms with Crippen LogP contribution in [0.3, 0.4) is 0 Å². The van der Waals surface area contributed by atoms with Gasteiger partial charge in [0, 0.05) is 16.3 Å². The summed E-state index contributed by atoms with van der Waals surface area (Å²) in [4.78, 5) is 28.9. The molecule has 0 unspecified atom stereocenters. The van der Waals surface area contributed by atoms with Crippen LogP contribution in [-0.2, 0) is 15.9 Å². The van der Waals surface area contributed by atoms with Crippen molar-refractivity contribution in [2.45, 2.75) is 80.4 Å². The molecule has 0 radical (unpaired) electrons. The van der Waals surface area contributed by atoms with Crippen LogP contribution in [0.2, 0.25) is 5.02 Å². The number of halogens is 1. The SMILES string of the molecule is C.CC.CC(C)(C)OC(=O)Nc1ccc(Cc2cc(-c3cccc(Cl)c3)c3nc(NC(=O)OC(C)(C)C)oc3c2)cc1. The Balaban J connectivity index is 0.00000201. The number of nitrogens with one attached hydrogen (secondary N) is 2. The highest BCUT2D eigenvalue weighted by atomic mass is 35.5. The van der Waals surface area contributed by atoms with Crippen molar-refractivity contribution < 1.29 is 23.5 Å². The largest absolute Gasteiger partial charge is 0.444 e. The van der Waals surface area contributed by atoms with Crippen LogP contribution >= 0.6 is 11.6 Å². The number of hydrogen-bond acceptors (Lipinski definition) is 6. The maximum Gasteiger partial charge on any atom is 0.415 e. The fraction of sp³-hybridized carbons (Fsp3) is 0.364. The molecule has 226 valence electrons. The monoisotopic (exact) mass is 595 g/mol. The fourth-order valence-electron chi connectivity index (χ4n) is 3.87. The number of benzene rings is 3. The zero-order valence-electron chi connectivity index (χ0n) is 24.8. The predicted molar refractivity (Wildman–Crippen MR) is 171 cm³/mol. The molecule has 4 aromatic rings. The average molecular weight is 596 g/mol. The van der Waals surface area contributed by atoms with E-state index in [9.17, 15) is 9.59 Å². The van der Waals surface area contributed by atoms with E-state index in [-0.39, 0.29) is 13.4 Å². The molecule has 0 aliphatic heterocycles. The lowest BCUT2D eigenvalue weighted by atomic mass is 9.98. The standard InChI is InChI=1S/C30H32ClN3O5.C2H6.CH4/c1-29(2,3)38-27(35)32-22-12-10-18(11-13-22)14-19-15-23(20-8-7-9-21(31)17-20)25-24(16-19)37-26(33-25)34-28(36)39-30(4,5)6;1-2;/h7-13,15-17H,14H2,1-6H3,(H,32,35)(H,33,34,36);1-2H3;1H4. The summed E-state index contributed by atoms with van der Waals surface area (Å²) in [5.74, 6) is 0. The van der Waals surface area contributed by atoms with Gasteiger partial charge in [-0.1, -0.05) is 57.1 Å². The smallest absolute Gasteiger partial charge is 0.415 e. The van der Waals surface area contributed by atoms with E-state index < -0.39 is 23.4 Å². The molecule has 2 N–H and O–H groups in total. The van der Waals surface area contributed by atoms with Crippen molar-refractivity contribution in [1.82, 2.24) is 4.98 Å². The Labute approximate surface area is 253 Å². The maximum absolute atomic E-state index is 12.3. The highest BCUT2D eigenvalue weighted by molar-refractivity contribution is 6.30. The third-order valence-corrected chi connectivity index (χ3v) is 5.54. The van der Waals surface area contributed by atoms with Gasteiger partial charge < -0.3 is 13.9 Å². The number of aromatic nitrogens is 1. The Hall–Kier alpha value is -4.04. The third kappa shape index (κ3) is 10.1. The Morgan fingerprint density at radius 3 is 2.00 bits per heavy atom. The van der Waals surface area contributed by atoms with Gasteiger partial charge in [-0.15, -0.1) is 0 Å². The van der Waals surface area contributed by atoms with Gasteiger partial charge in [-0.05, 0) is 101 Å². The highest BCUT2D eigenvalue weighted by Gasteiger charge is 2.20. The molecule has 4 rings (SSSR count). The van der Waals surface area contributed by atoms with Crippen LogP contribution in [-0.4, -0.2) is 28.4 Å². The van der Waals surface area contributed by atoms with E-state index in [1.54, 1.807) is 26.8 Å². The van der Waals surface area contributed by atoms with Gasteiger partial charge in [0.25, 0.3) is 0 Å². The lowest BCUT2D eigenvalue weighted by Gasteiger charge is -2.19. The minimum absolute atomic E-state index is 0. The molecule has 0 saturated heterocycles. The van der Waals surface area contributed by atoms with Crippen LogP contribution in [0.1, 0.15) is 73.9 Å². The molecule has 0 bridgehead atoms. The van der Waals surface area contributed by atoms with Gasteiger partial charge in [0.1, 0.15) is 16.7 Å². The molecule has 0 saturated carbocycles. The number of nitrogens with zero attached hydrogens (tertiary/aromatic N) is 1. The fourth-order valence-corrected chi connectivity index (χ4v) is 4.06. The van der Waals surface area contributed by atoms with E-state index in [0.717, 1.165) is 22.3 Å². The molecular formula is C33H42ClN3O5. The lowest BCUT2D eigenvalue weighted by Crippen LogP contribution is -2.27. The van der Waals surface area contributed by atoms with Crippen molar-refractivity contribution >= 4 is 46.6 Å². The van der Waals surface area contributed by atoms with Gasteiger partial charge >= 0.3 is 18.2 Å². The Kier molecular flexibility index (Phi) is 11.6. The molecule has 0 spiro atoms. The number of carbonyl (C=O) groups excluding carboxylic acids is 2. The molecule has 3 aromatic carbocycles. The van der Waals surface area contributed by atoms with E-state index in [4.69, 9.17) is 25.5 Å². The van der Waals surface area contributed by atoms with Gasteiger partial charge in [-0.2, -0.15) is 4.98 Å². The predicted octanol–water partition coefficient (Wildman–Crippen LogP) is 10.1. The molecule has 0 atom stereocenters. The molecular weight excluding hydrogens is 554 g/mol. The molecule has 0 aliphatic rings. The number of ether oxygens (including phenoxy) is 2. The first-order valence-corrected chi connectivity index (χ1v) is 13.9.